The molecule has 21 heavy (non-hydrogen) atoms. The molecular weight excluding hydrogens is 280 g/mol. The van der Waals surface area contributed by atoms with Crippen molar-refractivity contribution in [2.75, 3.05) is 5.73 Å². The molecule has 110 valence electrons. The first-order valence-electron chi connectivity index (χ1n) is 7.38. The highest BCUT2D eigenvalue weighted by molar-refractivity contribution is 7.09. The van der Waals surface area contributed by atoms with Gasteiger partial charge in [0.15, 0.2) is 0 Å². The van der Waals surface area contributed by atoms with Gasteiger partial charge in [-0.2, -0.15) is 0 Å². The number of nitrogens with zero attached hydrogens (tertiary/aromatic N) is 1. The highest BCUT2D eigenvalue weighted by atomic mass is 32.1. The molecule has 0 radical (unpaired) electrons. The summed E-state index contributed by atoms with van der Waals surface area (Å²) in [5, 5.41) is 2.07. The Hall–Kier alpha value is -1.81. The number of amides is 1. The van der Waals surface area contributed by atoms with Crippen molar-refractivity contribution in [1.82, 2.24) is 4.90 Å². The average Bonchev–Trinajstić information content (AvgIpc) is 3.19. The lowest BCUT2D eigenvalue weighted by Gasteiger charge is -2.22. The topological polar surface area (TPSA) is 46.3 Å². The van der Waals surface area contributed by atoms with Crippen molar-refractivity contribution in [2.24, 2.45) is 0 Å². The highest BCUT2D eigenvalue weighted by Gasteiger charge is 2.32. The van der Waals surface area contributed by atoms with E-state index in [2.05, 4.69) is 16.3 Å². The largest absolute Gasteiger partial charge is 0.399 e. The summed E-state index contributed by atoms with van der Waals surface area (Å²) in [6.07, 6.45) is 3.62. The second kappa shape index (κ2) is 6.31. The van der Waals surface area contributed by atoms with Crippen LogP contribution in [-0.4, -0.2) is 16.8 Å². The number of carbonyl (C=O) groups excluding carboxylic acids is 1. The van der Waals surface area contributed by atoms with E-state index >= 15 is 0 Å². The van der Waals surface area contributed by atoms with Gasteiger partial charge in [0.25, 0.3) is 0 Å². The first-order valence-corrected chi connectivity index (χ1v) is 8.26. The highest BCUT2D eigenvalue weighted by Crippen LogP contribution is 2.30. The molecule has 1 aromatic heterocycles. The van der Waals surface area contributed by atoms with Crippen molar-refractivity contribution in [3.05, 3.63) is 52.2 Å². The van der Waals surface area contributed by atoms with Crippen LogP contribution in [0.5, 0.6) is 0 Å². The first-order chi connectivity index (χ1) is 10.2. The molecule has 0 spiro atoms. The lowest BCUT2D eigenvalue weighted by molar-refractivity contribution is -0.132. The summed E-state index contributed by atoms with van der Waals surface area (Å²) >= 11 is 1.72. The van der Waals surface area contributed by atoms with Gasteiger partial charge in [-0.1, -0.05) is 18.2 Å². The Morgan fingerprint density at radius 1 is 1.29 bits per heavy atom. The maximum atomic E-state index is 12.5. The van der Waals surface area contributed by atoms with Crippen molar-refractivity contribution in [2.45, 2.75) is 38.3 Å². The summed E-state index contributed by atoms with van der Waals surface area (Å²) in [4.78, 5) is 15.8. The van der Waals surface area contributed by atoms with Crippen LogP contribution in [0.4, 0.5) is 5.69 Å². The molecule has 0 bridgehead atoms. The van der Waals surface area contributed by atoms with Crippen LogP contribution in [-0.2, 0) is 17.8 Å². The number of nitrogens with two attached hydrogens (primary N) is 1. The Bertz CT molecular complexity index is 605. The van der Waals surface area contributed by atoms with E-state index < -0.39 is 0 Å². The zero-order valence-corrected chi connectivity index (χ0v) is 12.8. The molecule has 0 unspecified atom stereocenters. The van der Waals surface area contributed by atoms with Gasteiger partial charge < -0.3 is 10.6 Å². The Balaban J connectivity index is 1.59. The molecule has 3 nitrogen and oxygen atoms in total. The van der Waals surface area contributed by atoms with Crippen molar-refractivity contribution >= 4 is 22.9 Å². The van der Waals surface area contributed by atoms with Gasteiger partial charge in [0.05, 0.1) is 6.54 Å². The van der Waals surface area contributed by atoms with Gasteiger partial charge in [0.1, 0.15) is 0 Å². The lowest BCUT2D eigenvalue weighted by Crippen LogP contribution is -2.32. The number of hydrogen-bond acceptors (Lipinski definition) is 3. The number of thiophene rings is 1. The first kappa shape index (κ1) is 14.1. The number of nitrogen functional groups attached to an aromatic ring is 1. The smallest absolute Gasteiger partial charge is 0.223 e. The Labute approximate surface area is 129 Å². The van der Waals surface area contributed by atoms with Gasteiger partial charge in [-0.15, -0.1) is 11.3 Å². The number of benzene rings is 1. The molecule has 1 fully saturated rings. The molecule has 1 aliphatic rings. The predicted octanol–water partition coefficient (Wildman–Crippen LogP) is 3.45. The Kier molecular flexibility index (Phi) is 4.25. The van der Waals surface area contributed by atoms with E-state index in [9.17, 15) is 4.79 Å². The van der Waals surface area contributed by atoms with E-state index in [-0.39, 0.29) is 5.91 Å². The number of aryl methyl sites for hydroxylation is 1. The lowest BCUT2D eigenvalue weighted by atomic mass is 10.1. The minimum atomic E-state index is 0.258. The molecule has 0 saturated heterocycles. The summed E-state index contributed by atoms with van der Waals surface area (Å²) in [6.45, 7) is 0.762. The summed E-state index contributed by atoms with van der Waals surface area (Å²) in [5.74, 6) is 0.258. The van der Waals surface area contributed by atoms with Crippen molar-refractivity contribution in [3.63, 3.8) is 0 Å². The molecule has 0 aliphatic heterocycles. The van der Waals surface area contributed by atoms with E-state index in [1.807, 2.05) is 30.3 Å². The van der Waals surface area contributed by atoms with E-state index in [1.165, 1.54) is 4.88 Å². The molecule has 1 saturated carbocycles. The fraction of sp³-hybridized carbons (Fsp3) is 0.353. The average molecular weight is 300 g/mol. The van der Waals surface area contributed by atoms with Crippen molar-refractivity contribution in [3.8, 4) is 0 Å². The van der Waals surface area contributed by atoms with Crippen LogP contribution in [0.3, 0.4) is 0 Å². The zero-order chi connectivity index (χ0) is 14.7. The maximum Gasteiger partial charge on any atom is 0.223 e. The monoisotopic (exact) mass is 300 g/mol. The van der Waals surface area contributed by atoms with Gasteiger partial charge in [0, 0.05) is 23.0 Å². The Morgan fingerprint density at radius 2 is 2.14 bits per heavy atom. The van der Waals surface area contributed by atoms with E-state index in [0.717, 1.165) is 37.1 Å². The quantitative estimate of drug-likeness (QED) is 0.831. The molecule has 0 atom stereocenters. The minimum Gasteiger partial charge on any atom is -0.399 e. The third-order valence-electron chi connectivity index (χ3n) is 3.79. The van der Waals surface area contributed by atoms with Crippen LogP contribution in [0.1, 0.15) is 29.7 Å². The van der Waals surface area contributed by atoms with Crippen LogP contribution >= 0.6 is 11.3 Å². The third kappa shape index (κ3) is 3.85. The standard InChI is InChI=1S/C17H20N2OS/c18-14-4-1-3-13(11-14)6-9-17(20)19(15-7-8-15)12-16-5-2-10-21-16/h1-5,10-11,15H,6-9,12,18H2. The van der Waals surface area contributed by atoms with Gasteiger partial charge in [-0.3, -0.25) is 4.79 Å². The van der Waals surface area contributed by atoms with Gasteiger partial charge in [-0.25, -0.2) is 0 Å². The van der Waals surface area contributed by atoms with Crippen molar-refractivity contribution in [1.29, 1.82) is 0 Å². The van der Waals surface area contributed by atoms with Crippen LogP contribution < -0.4 is 5.73 Å². The van der Waals surface area contributed by atoms with Gasteiger partial charge in [-0.05, 0) is 48.4 Å². The molecule has 1 amide bonds. The zero-order valence-electron chi connectivity index (χ0n) is 12.0. The summed E-state index contributed by atoms with van der Waals surface area (Å²) in [5.41, 5.74) is 7.68. The minimum absolute atomic E-state index is 0.258. The molecule has 1 aliphatic carbocycles. The summed E-state index contributed by atoms with van der Waals surface area (Å²) in [7, 11) is 0. The molecular formula is C17H20N2OS. The second-order valence-electron chi connectivity index (χ2n) is 5.58. The maximum absolute atomic E-state index is 12.5. The fourth-order valence-electron chi connectivity index (χ4n) is 2.52. The van der Waals surface area contributed by atoms with Gasteiger partial charge in [0.2, 0.25) is 5.91 Å². The van der Waals surface area contributed by atoms with E-state index in [0.29, 0.717) is 12.5 Å². The van der Waals surface area contributed by atoms with Crippen LogP contribution in [0.15, 0.2) is 41.8 Å². The normalized spacial score (nSPS) is 14.1. The summed E-state index contributed by atoms with van der Waals surface area (Å²) < 4.78 is 0. The number of anilines is 1. The Morgan fingerprint density at radius 3 is 2.81 bits per heavy atom. The number of rotatable bonds is 6. The number of carbonyl (C=O) groups is 1. The van der Waals surface area contributed by atoms with Crippen LogP contribution in [0, 0.1) is 0 Å². The van der Waals surface area contributed by atoms with Crippen LogP contribution in [0.2, 0.25) is 0 Å². The SMILES string of the molecule is Nc1cccc(CCC(=O)N(Cc2cccs2)C2CC2)c1. The van der Waals surface area contributed by atoms with E-state index in [4.69, 9.17) is 5.73 Å². The molecule has 3 rings (SSSR count). The van der Waals surface area contributed by atoms with Crippen molar-refractivity contribution < 1.29 is 4.79 Å². The second-order valence-corrected chi connectivity index (χ2v) is 6.61. The molecule has 2 N–H and O–H groups in total. The summed E-state index contributed by atoms with van der Waals surface area (Å²) in [6, 6.07) is 12.4. The number of hydrogen-bond donors (Lipinski definition) is 1. The molecule has 1 aromatic carbocycles. The molecule has 1 heterocycles. The van der Waals surface area contributed by atoms with E-state index in [1.54, 1.807) is 11.3 Å². The molecule has 2 aromatic rings. The fourth-order valence-corrected chi connectivity index (χ4v) is 3.22. The molecule has 4 heteroatoms. The van der Waals surface area contributed by atoms with Crippen LogP contribution in [0.25, 0.3) is 0 Å². The third-order valence-corrected chi connectivity index (χ3v) is 4.65. The predicted molar refractivity (Wildman–Crippen MR) is 87.1 cm³/mol. The van der Waals surface area contributed by atoms with Gasteiger partial charge >= 0.3 is 0 Å².